The topological polar surface area (TPSA) is 195 Å². The molecule has 15 heteroatoms. The van der Waals surface area contributed by atoms with Crippen LogP contribution in [0.3, 0.4) is 0 Å². The van der Waals surface area contributed by atoms with Crippen molar-refractivity contribution in [2.24, 2.45) is 5.73 Å². The molecule has 0 aliphatic heterocycles. The number of phosphoric acid groups is 1. The molecule has 0 aromatic rings. The van der Waals surface area contributed by atoms with Crippen molar-refractivity contribution < 1.29 is 57.1 Å². The number of carboxylic acids is 1. The molecule has 0 spiro atoms. The van der Waals surface area contributed by atoms with Gasteiger partial charge >= 0.3 is 17.9 Å². The summed E-state index contributed by atoms with van der Waals surface area (Å²) in [6.45, 7) is 3.54. The number of ether oxygens (including phenoxy) is 2. The molecular formula is C51H87N2O11PS. The molecule has 0 aliphatic rings. The van der Waals surface area contributed by atoms with Crippen LogP contribution < -0.4 is 10.6 Å². The van der Waals surface area contributed by atoms with Crippen LogP contribution in [0.1, 0.15) is 142 Å². The molecule has 0 amide bonds. The molecule has 378 valence electrons. The summed E-state index contributed by atoms with van der Waals surface area (Å²) in [5, 5.41) is 19.5. The van der Waals surface area contributed by atoms with Crippen molar-refractivity contribution >= 4 is 37.5 Å². The minimum atomic E-state index is -4.80. The third kappa shape index (κ3) is 42.3. The molecule has 0 saturated carbocycles. The number of carboxylic acid groups (broad SMARTS) is 1. The van der Waals surface area contributed by atoms with Gasteiger partial charge in [-0.3, -0.25) is 18.9 Å². The molecule has 0 aromatic heterocycles. The second-order valence-corrected chi connectivity index (χ2v) is 19.9. The number of aliphatic hydroxyl groups excluding tert-OH is 1. The van der Waals surface area contributed by atoms with Crippen molar-refractivity contribution in [2.75, 3.05) is 53.3 Å². The van der Waals surface area contributed by atoms with Crippen LogP contribution in [0.25, 0.3) is 0 Å². The van der Waals surface area contributed by atoms with Crippen LogP contribution in [0.2, 0.25) is 0 Å². The van der Waals surface area contributed by atoms with Gasteiger partial charge in [0.25, 0.3) is 7.82 Å². The number of rotatable bonds is 43. The van der Waals surface area contributed by atoms with E-state index in [0.717, 1.165) is 57.8 Å². The summed E-state index contributed by atoms with van der Waals surface area (Å²) in [7, 11) is 0.839. The first-order valence-electron chi connectivity index (χ1n) is 24.2. The predicted octanol–water partition coefficient (Wildman–Crippen LogP) is 10.3. The number of likely N-dealkylation sites (N-methyl/N-ethyl adjacent to an activating group) is 1. The van der Waals surface area contributed by atoms with Crippen molar-refractivity contribution in [1.82, 2.24) is 0 Å². The third-order valence-corrected chi connectivity index (χ3v) is 12.3. The number of thioether (sulfide) groups is 1. The predicted molar refractivity (Wildman–Crippen MR) is 269 cm³/mol. The highest BCUT2D eigenvalue weighted by Crippen LogP contribution is 2.38. The van der Waals surface area contributed by atoms with Crippen LogP contribution in [-0.2, 0) is 37.5 Å². The van der Waals surface area contributed by atoms with E-state index >= 15 is 0 Å². The molecule has 0 aliphatic carbocycles. The summed E-state index contributed by atoms with van der Waals surface area (Å²) in [5.74, 6) is -2.37. The fourth-order valence-electron chi connectivity index (χ4n) is 5.91. The Morgan fingerprint density at radius 2 is 1.27 bits per heavy atom. The van der Waals surface area contributed by atoms with Gasteiger partial charge in [-0.2, -0.15) is 0 Å². The van der Waals surface area contributed by atoms with E-state index in [-0.39, 0.29) is 38.0 Å². The molecular weight excluding hydrogens is 880 g/mol. The van der Waals surface area contributed by atoms with E-state index in [1.165, 1.54) is 50.3 Å². The van der Waals surface area contributed by atoms with Gasteiger partial charge in [-0.25, -0.2) is 0 Å². The fraction of sp³-hybridized carbons (Fsp3) is 0.667. The Bertz CT molecular complexity index is 1520. The highest BCUT2D eigenvalue weighted by atomic mass is 32.2. The van der Waals surface area contributed by atoms with Crippen molar-refractivity contribution in [3.8, 4) is 0 Å². The highest BCUT2D eigenvalue weighted by Gasteiger charge is 2.26. The largest absolute Gasteiger partial charge is 0.756 e. The Morgan fingerprint density at radius 1 is 0.712 bits per heavy atom. The van der Waals surface area contributed by atoms with Crippen molar-refractivity contribution in [3.05, 3.63) is 85.1 Å². The molecule has 5 atom stereocenters. The van der Waals surface area contributed by atoms with Gasteiger partial charge in [0.1, 0.15) is 25.8 Å². The number of nitrogens with zero attached hydrogens (tertiary/aromatic N) is 1. The molecule has 4 N–H and O–H groups in total. The van der Waals surface area contributed by atoms with Crippen LogP contribution in [0.15, 0.2) is 85.1 Å². The van der Waals surface area contributed by atoms with E-state index in [9.17, 15) is 28.9 Å². The smallest absolute Gasteiger partial charge is 0.324 e. The average Bonchev–Trinajstić information content (AvgIpc) is 3.26. The van der Waals surface area contributed by atoms with E-state index in [1.54, 1.807) is 12.2 Å². The number of esters is 2. The van der Waals surface area contributed by atoms with Gasteiger partial charge in [0.05, 0.1) is 33.9 Å². The monoisotopic (exact) mass is 967 g/mol. The second-order valence-electron chi connectivity index (χ2n) is 17.3. The molecule has 0 bridgehead atoms. The van der Waals surface area contributed by atoms with Crippen LogP contribution in [-0.4, -0.2) is 109 Å². The first kappa shape index (κ1) is 62.9. The molecule has 0 fully saturated rings. The van der Waals surface area contributed by atoms with Gasteiger partial charge in [-0.05, 0) is 77.0 Å². The van der Waals surface area contributed by atoms with E-state index in [2.05, 4.69) is 62.5 Å². The fourth-order valence-corrected chi connectivity index (χ4v) is 7.76. The lowest BCUT2D eigenvalue weighted by Gasteiger charge is -2.28. The lowest BCUT2D eigenvalue weighted by Crippen LogP contribution is -2.40. The molecule has 0 saturated heterocycles. The lowest BCUT2D eigenvalue weighted by atomic mass is 10.1. The number of allylic oxidation sites excluding steroid dienone is 13. The number of carbonyl (C=O) groups excluding carboxylic acids is 2. The first-order chi connectivity index (χ1) is 31.6. The molecule has 0 radical (unpaired) electrons. The lowest BCUT2D eigenvalue weighted by molar-refractivity contribution is -0.870. The standard InChI is InChI=1S/C51H87N2O11PS/c1-6-8-10-12-14-16-18-20-21-22-23-24-26-28-30-32-34-39-50(57)61-42-45(43-63-65(59,60)62-41-40-53(3,4)5)64-51(58)46(52)44-66-48(47(54)36-35-38-49(55)56)37-33-31-29-27-25-19-17-15-13-11-9-7-2/h14-17,20-21,23-25,27,29,31,33,37,45-48,54H,6-13,18-19,22,26,28,30,32,34-36,38-44,52H2,1-5H3,(H-,55,56,59,60)/b16-14-,17-15-,21-20-,24-23-,27-25-,31-29+,37-33+/t45-,46+,47+,48-/m1/s1. The molecule has 1 unspecified atom stereocenters. The number of aliphatic hydroxyl groups is 1. The minimum absolute atomic E-state index is 0.00355. The van der Waals surface area contributed by atoms with E-state index in [1.807, 2.05) is 45.4 Å². The molecule has 13 nitrogen and oxygen atoms in total. The third-order valence-electron chi connectivity index (χ3n) is 9.89. The van der Waals surface area contributed by atoms with E-state index < -0.39 is 62.4 Å². The molecule has 66 heavy (non-hydrogen) atoms. The minimum Gasteiger partial charge on any atom is -0.756 e. The molecule has 0 aromatic carbocycles. The van der Waals surface area contributed by atoms with Crippen molar-refractivity contribution in [1.29, 1.82) is 0 Å². The van der Waals surface area contributed by atoms with E-state index in [0.29, 0.717) is 17.4 Å². The van der Waals surface area contributed by atoms with Gasteiger partial charge in [-0.15, -0.1) is 11.8 Å². The summed E-state index contributed by atoms with van der Waals surface area (Å²) in [5.41, 5.74) is 6.24. The number of carbonyl (C=O) groups is 3. The summed E-state index contributed by atoms with van der Waals surface area (Å²) in [4.78, 5) is 49.6. The summed E-state index contributed by atoms with van der Waals surface area (Å²) < 4.78 is 34.0. The number of hydrogen-bond acceptors (Lipinski definition) is 12. The maximum atomic E-state index is 13.2. The zero-order valence-corrected chi connectivity index (χ0v) is 42.7. The average molecular weight is 967 g/mol. The number of quaternary nitrogens is 1. The normalized spacial score (nSPS) is 15.5. The van der Waals surface area contributed by atoms with Crippen LogP contribution >= 0.6 is 19.6 Å². The Kier molecular flexibility index (Phi) is 40.1. The van der Waals surface area contributed by atoms with Crippen LogP contribution in [0.5, 0.6) is 0 Å². The Hall–Kier alpha value is -3.07. The van der Waals surface area contributed by atoms with Crippen LogP contribution in [0, 0.1) is 0 Å². The Balaban J connectivity index is 5.26. The summed E-state index contributed by atoms with van der Waals surface area (Å²) in [6.07, 6.45) is 43.7. The van der Waals surface area contributed by atoms with Gasteiger partial charge < -0.3 is 43.8 Å². The second kappa shape index (κ2) is 42.1. The SMILES string of the molecule is CCCCC/C=C\C\C=C/C=C/C=C/[C@@H](SC[C@H](N)C(=O)O[C@H](COC(=O)CCCCCC/C=C\C/C=C\C/C=C\CCCCC)COP(=O)([O-])OCC[N+](C)(C)C)[C@@H](O)CCCC(=O)O. The van der Waals surface area contributed by atoms with Crippen molar-refractivity contribution in [2.45, 2.75) is 166 Å². The first-order valence-corrected chi connectivity index (χ1v) is 26.7. The molecule has 0 rings (SSSR count). The maximum Gasteiger partial charge on any atom is 0.324 e. The Morgan fingerprint density at radius 3 is 1.86 bits per heavy atom. The summed E-state index contributed by atoms with van der Waals surface area (Å²) >= 11 is 1.19. The zero-order valence-electron chi connectivity index (χ0n) is 41.0. The van der Waals surface area contributed by atoms with Gasteiger partial charge in [0.2, 0.25) is 0 Å². The van der Waals surface area contributed by atoms with Gasteiger partial charge in [0, 0.05) is 23.8 Å². The number of aliphatic carboxylic acids is 1. The van der Waals surface area contributed by atoms with Gasteiger partial charge in [-0.1, -0.05) is 137 Å². The zero-order chi connectivity index (χ0) is 49.2. The maximum absolute atomic E-state index is 13.2. The highest BCUT2D eigenvalue weighted by molar-refractivity contribution is 8.00. The quantitative estimate of drug-likeness (QED) is 0.0131. The number of nitrogens with two attached hydrogens (primary N) is 1. The number of unbranched alkanes of at least 4 members (excludes halogenated alkanes) is 10. The number of hydrogen-bond donors (Lipinski definition) is 3. The molecule has 0 heterocycles. The Labute approximate surface area is 402 Å². The van der Waals surface area contributed by atoms with Crippen LogP contribution in [0.4, 0.5) is 0 Å². The number of phosphoric ester groups is 1. The summed E-state index contributed by atoms with van der Waals surface area (Å²) in [6, 6.07) is -1.21. The van der Waals surface area contributed by atoms with E-state index in [4.69, 9.17) is 29.4 Å². The van der Waals surface area contributed by atoms with Crippen molar-refractivity contribution in [3.63, 3.8) is 0 Å². The van der Waals surface area contributed by atoms with Gasteiger partial charge in [0.15, 0.2) is 6.10 Å².